The van der Waals surface area contributed by atoms with Crippen molar-refractivity contribution in [3.8, 4) is 16.2 Å². The van der Waals surface area contributed by atoms with Crippen LogP contribution in [0.1, 0.15) is 5.56 Å². The molecule has 3 nitrogen and oxygen atoms in total. The fraction of sp³-hybridized carbons (Fsp3) is 0.0625. The number of hydrogen-bond acceptors (Lipinski definition) is 4. The topological polar surface area (TPSA) is 48.1 Å². The summed E-state index contributed by atoms with van der Waals surface area (Å²) in [6.45, 7) is 0.518. The SMILES string of the molecule is Nc1ncc(-c2ccc(OCc3ccccc3)cc2Cl)s1. The van der Waals surface area contributed by atoms with Gasteiger partial charge in [0.1, 0.15) is 12.4 Å². The van der Waals surface area contributed by atoms with Crippen LogP contribution < -0.4 is 10.5 Å². The highest BCUT2D eigenvalue weighted by molar-refractivity contribution is 7.18. The Balaban J connectivity index is 1.75. The number of aromatic nitrogens is 1. The molecule has 0 bridgehead atoms. The zero-order chi connectivity index (χ0) is 14.7. The van der Waals surface area contributed by atoms with E-state index in [4.69, 9.17) is 22.1 Å². The summed E-state index contributed by atoms with van der Waals surface area (Å²) in [4.78, 5) is 4.99. The first-order valence-electron chi connectivity index (χ1n) is 6.40. The van der Waals surface area contributed by atoms with Gasteiger partial charge in [-0.1, -0.05) is 53.3 Å². The van der Waals surface area contributed by atoms with Gasteiger partial charge in [0.15, 0.2) is 5.13 Å². The van der Waals surface area contributed by atoms with E-state index in [2.05, 4.69) is 4.98 Å². The minimum absolute atomic E-state index is 0.518. The molecule has 0 aliphatic carbocycles. The maximum atomic E-state index is 6.31. The van der Waals surface area contributed by atoms with Crippen molar-refractivity contribution in [3.63, 3.8) is 0 Å². The van der Waals surface area contributed by atoms with Crippen LogP contribution in [0, 0.1) is 0 Å². The van der Waals surface area contributed by atoms with Crippen molar-refractivity contribution in [3.05, 3.63) is 65.3 Å². The monoisotopic (exact) mass is 316 g/mol. The molecule has 2 aromatic carbocycles. The standard InChI is InChI=1S/C16H13ClN2OS/c17-14-8-12(20-10-11-4-2-1-3-5-11)6-7-13(14)15-9-19-16(18)21-15/h1-9H,10H2,(H2,18,19). The zero-order valence-corrected chi connectivity index (χ0v) is 12.7. The van der Waals surface area contributed by atoms with Crippen LogP contribution in [0.5, 0.6) is 5.75 Å². The third-order valence-electron chi connectivity index (χ3n) is 2.98. The lowest BCUT2D eigenvalue weighted by Gasteiger charge is -2.08. The van der Waals surface area contributed by atoms with Gasteiger partial charge in [0.25, 0.3) is 0 Å². The summed E-state index contributed by atoms with van der Waals surface area (Å²) in [5.41, 5.74) is 7.68. The van der Waals surface area contributed by atoms with Gasteiger partial charge in [0, 0.05) is 11.8 Å². The predicted molar refractivity (Wildman–Crippen MR) is 87.7 cm³/mol. The zero-order valence-electron chi connectivity index (χ0n) is 11.1. The predicted octanol–water partition coefficient (Wildman–Crippen LogP) is 4.62. The van der Waals surface area contributed by atoms with Crippen molar-refractivity contribution in [2.75, 3.05) is 5.73 Å². The van der Waals surface area contributed by atoms with E-state index in [-0.39, 0.29) is 0 Å². The number of nitrogen functional groups attached to an aromatic ring is 1. The summed E-state index contributed by atoms with van der Waals surface area (Å²) in [6, 6.07) is 15.7. The highest BCUT2D eigenvalue weighted by Crippen LogP contribution is 2.35. The van der Waals surface area contributed by atoms with Crippen LogP contribution in [0.3, 0.4) is 0 Å². The Morgan fingerprint density at radius 3 is 2.62 bits per heavy atom. The minimum atomic E-state index is 0.518. The molecule has 3 rings (SSSR count). The Morgan fingerprint density at radius 1 is 1.14 bits per heavy atom. The number of rotatable bonds is 4. The van der Waals surface area contributed by atoms with Crippen molar-refractivity contribution in [2.24, 2.45) is 0 Å². The second-order valence-electron chi connectivity index (χ2n) is 4.48. The lowest BCUT2D eigenvalue weighted by molar-refractivity contribution is 0.306. The van der Waals surface area contributed by atoms with Crippen LogP contribution in [0.15, 0.2) is 54.7 Å². The van der Waals surface area contributed by atoms with Gasteiger partial charge in [0.05, 0.1) is 9.90 Å². The normalized spacial score (nSPS) is 10.5. The van der Waals surface area contributed by atoms with Crippen LogP contribution >= 0.6 is 22.9 Å². The lowest BCUT2D eigenvalue weighted by Crippen LogP contribution is -1.94. The van der Waals surface area contributed by atoms with Gasteiger partial charge in [0.2, 0.25) is 0 Å². The third kappa shape index (κ3) is 3.35. The average Bonchev–Trinajstić information content (AvgIpc) is 2.92. The minimum Gasteiger partial charge on any atom is -0.489 e. The van der Waals surface area contributed by atoms with E-state index in [0.29, 0.717) is 16.8 Å². The van der Waals surface area contributed by atoms with Gasteiger partial charge in [-0.2, -0.15) is 0 Å². The number of nitrogens with two attached hydrogens (primary N) is 1. The highest BCUT2D eigenvalue weighted by atomic mass is 35.5. The lowest BCUT2D eigenvalue weighted by atomic mass is 10.2. The van der Waals surface area contributed by atoms with Gasteiger partial charge in [-0.15, -0.1) is 0 Å². The molecule has 0 saturated heterocycles. The first-order valence-corrected chi connectivity index (χ1v) is 7.60. The highest BCUT2D eigenvalue weighted by Gasteiger charge is 2.08. The second kappa shape index (κ2) is 6.16. The fourth-order valence-corrected chi connectivity index (χ4v) is 2.99. The number of anilines is 1. The molecule has 2 N–H and O–H groups in total. The molecule has 0 aliphatic heterocycles. The molecule has 1 aromatic heterocycles. The van der Waals surface area contributed by atoms with E-state index in [1.54, 1.807) is 6.20 Å². The number of halogens is 1. The molecule has 21 heavy (non-hydrogen) atoms. The van der Waals surface area contributed by atoms with Gasteiger partial charge in [-0.05, 0) is 23.8 Å². The van der Waals surface area contributed by atoms with E-state index in [9.17, 15) is 0 Å². The van der Waals surface area contributed by atoms with Gasteiger partial charge in [-0.25, -0.2) is 4.98 Å². The average molecular weight is 317 g/mol. The molecular weight excluding hydrogens is 304 g/mol. The molecule has 0 amide bonds. The van der Waals surface area contributed by atoms with Crippen LogP contribution in [0.4, 0.5) is 5.13 Å². The van der Waals surface area contributed by atoms with Crippen molar-refractivity contribution >= 4 is 28.1 Å². The van der Waals surface area contributed by atoms with Crippen LogP contribution in [0.2, 0.25) is 5.02 Å². The van der Waals surface area contributed by atoms with E-state index in [0.717, 1.165) is 21.8 Å². The first-order chi connectivity index (χ1) is 10.2. The van der Waals surface area contributed by atoms with Crippen molar-refractivity contribution in [1.82, 2.24) is 4.98 Å². The van der Waals surface area contributed by atoms with Gasteiger partial charge >= 0.3 is 0 Å². The van der Waals surface area contributed by atoms with E-state index in [1.165, 1.54) is 11.3 Å². The van der Waals surface area contributed by atoms with Gasteiger partial charge < -0.3 is 10.5 Å². The van der Waals surface area contributed by atoms with E-state index >= 15 is 0 Å². The molecule has 0 unspecified atom stereocenters. The fourth-order valence-electron chi connectivity index (χ4n) is 1.94. The summed E-state index contributed by atoms with van der Waals surface area (Å²) in [5, 5.41) is 1.16. The molecule has 0 aliphatic rings. The second-order valence-corrected chi connectivity index (χ2v) is 5.95. The smallest absolute Gasteiger partial charge is 0.180 e. The van der Waals surface area contributed by atoms with E-state index in [1.807, 2.05) is 48.5 Å². The van der Waals surface area contributed by atoms with Crippen LogP contribution in [0.25, 0.3) is 10.4 Å². The largest absolute Gasteiger partial charge is 0.489 e. The molecular formula is C16H13ClN2OS. The number of thiazole rings is 1. The Hall–Kier alpha value is -2.04. The summed E-state index contributed by atoms with van der Waals surface area (Å²) in [5.74, 6) is 0.741. The van der Waals surface area contributed by atoms with Gasteiger partial charge in [-0.3, -0.25) is 0 Å². The molecule has 3 aromatic rings. The molecule has 0 atom stereocenters. The summed E-state index contributed by atoms with van der Waals surface area (Å²) >= 11 is 7.73. The summed E-state index contributed by atoms with van der Waals surface area (Å²) in [6.07, 6.45) is 1.73. The molecule has 1 heterocycles. The molecule has 0 radical (unpaired) electrons. The molecule has 0 fully saturated rings. The summed E-state index contributed by atoms with van der Waals surface area (Å²) < 4.78 is 5.75. The Kier molecular flexibility index (Phi) is 4.08. The number of hydrogen-bond donors (Lipinski definition) is 1. The quantitative estimate of drug-likeness (QED) is 0.763. The third-order valence-corrected chi connectivity index (χ3v) is 4.15. The molecule has 0 saturated carbocycles. The number of nitrogens with zero attached hydrogens (tertiary/aromatic N) is 1. The maximum absolute atomic E-state index is 6.31. The van der Waals surface area contributed by atoms with Crippen molar-refractivity contribution in [2.45, 2.75) is 6.61 Å². The number of ether oxygens (including phenoxy) is 1. The Bertz CT molecular complexity index is 743. The first kappa shape index (κ1) is 13.9. The number of benzene rings is 2. The summed E-state index contributed by atoms with van der Waals surface area (Å²) in [7, 11) is 0. The van der Waals surface area contributed by atoms with Crippen LogP contribution in [-0.4, -0.2) is 4.98 Å². The molecule has 5 heteroatoms. The molecule has 0 spiro atoms. The Labute approximate surface area is 132 Å². The van der Waals surface area contributed by atoms with E-state index < -0.39 is 0 Å². The molecule has 106 valence electrons. The Morgan fingerprint density at radius 2 is 1.95 bits per heavy atom. The van der Waals surface area contributed by atoms with Crippen molar-refractivity contribution in [1.29, 1.82) is 0 Å². The van der Waals surface area contributed by atoms with Crippen LogP contribution in [-0.2, 0) is 6.61 Å². The van der Waals surface area contributed by atoms with Crippen molar-refractivity contribution < 1.29 is 4.74 Å². The maximum Gasteiger partial charge on any atom is 0.180 e.